The summed E-state index contributed by atoms with van der Waals surface area (Å²) in [7, 11) is 0. The standard InChI is InChI=1S/C15H27NO2/c1-3-15(4-2)10-16(11-15)13-9-7-5-6-8-12(13)14(17)18/h12-13H,3-11H2,1-2H3,(H,17,18). The maximum absolute atomic E-state index is 11.4. The lowest BCUT2D eigenvalue weighted by Crippen LogP contribution is -2.61. The van der Waals surface area contributed by atoms with E-state index in [1.54, 1.807) is 0 Å². The van der Waals surface area contributed by atoms with Gasteiger partial charge < -0.3 is 5.11 Å². The van der Waals surface area contributed by atoms with Crippen LogP contribution in [0.25, 0.3) is 0 Å². The predicted molar refractivity (Wildman–Crippen MR) is 72.6 cm³/mol. The lowest BCUT2D eigenvalue weighted by atomic mass is 9.73. The molecule has 1 aliphatic carbocycles. The minimum atomic E-state index is -0.576. The van der Waals surface area contributed by atoms with E-state index in [2.05, 4.69) is 18.7 Å². The first-order valence-corrected chi connectivity index (χ1v) is 7.59. The zero-order valence-corrected chi connectivity index (χ0v) is 11.8. The fourth-order valence-electron chi connectivity index (χ4n) is 3.76. The van der Waals surface area contributed by atoms with E-state index in [4.69, 9.17) is 0 Å². The van der Waals surface area contributed by atoms with Gasteiger partial charge in [0.15, 0.2) is 0 Å². The Kier molecular flexibility index (Phi) is 4.31. The fourth-order valence-corrected chi connectivity index (χ4v) is 3.76. The number of aliphatic carboxylic acids is 1. The molecule has 3 nitrogen and oxygen atoms in total. The molecule has 0 aromatic rings. The monoisotopic (exact) mass is 253 g/mol. The van der Waals surface area contributed by atoms with Crippen LogP contribution in [0.4, 0.5) is 0 Å². The topological polar surface area (TPSA) is 40.5 Å². The van der Waals surface area contributed by atoms with E-state index in [-0.39, 0.29) is 5.92 Å². The van der Waals surface area contributed by atoms with Gasteiger partial charge in [0.2, 0.25) is 0 Å². The van der Waals surface area contributed by atoms with E-state index in [9.17, 15) is 9.90 Å². The van der Waals surface area contributed by atoms with Crippen molar-refractivity contribution in [2.75, 3.05) is 13.1 Å². The Labute approximate surface area is 111 Å². The van der Waals surface area contributed by atoms with E-state index in [1.807, 2.05) is 0 Å². The van der Waals surface area contributed by atoms with E-state index in [1.165, 1.54) is 25.7 Å². The van der Waals surface area contributed by atoms with Crippen LogP contribution >= 0.6 is 0 Å². The van der Waals surface area contributed by atoms with Crippen LogP contribution in [-0.2, 0) is 4.79 Å². The average molecular weight is 253 g/mol. The number of likely N-dealkylation sites (tertiary alicyclic amines) is 1. The highest BCUT2D eigenvalue weighted by Gasteiger charge is 2.45. The zero-order valence-electron chi connectivity index (χ0n) is 11.8. The molecule has 3 heteroatoms. The van der Waals surface area contributed by atoms with Crippen LogP contribution < -0.4 is 0 Å². The summed E-state index contributed by atoms with van der Waals surface area (Å²) in [6.45, 7) is 6.77. The Hall–Kier alpha value is -0.570. The number of carbonyl (C=O) groups is 1. The second kappa shape index (κ2) is 5.60. The molecular weight excluding hydrogens is 226 g/mol. The molecule has 0 spiro atoms. The molecule has 2 fully saturated rings. The van der Waals surface area contributed by atoms with Crippen molar-refractivity contribution in [2.24, 2.45) is 11.3 Å². The van der Waals surface area contributed by atoms with Gasteiger partial charge in [-0.2, -0.15) is 0 Å². The highest BCUT2D eigenvalue weighted by Crippen LogP contribution is 2.41. The number of carboxylic acids is 1. The van der Waals surface area contributed by atoms with Crippen molar-refractivity contribution < 1.29 is 9.90 Å². The van der Waals surface area contributed by atoms with Crippen LogP contribution in [0.3, 0.4) is 0 Å². The first-order chi connectivity index (χ1) is 8.62. The Morgan fingerprint density at radius 2 is 1.78 bits per heavy atom. The van der Waals surface area contributed by atoms with Crippen LogP contribution in [-0.4, -0.2) is 35.1 Å². The third-order valence-electron chi connectivity index (χ3n) is 5.34. The summed E-state index contributed by atoms with van der Waals surface area (Å²) in [4.78, 5) is 13.9. The number of nitrogens with zero attached hydrogens (tertiary/aromatic N) is 1. The summed E-state index contributed by atoms with van der Waals surface area (Å²) in [6, 6.07) is 0.302. The lowest BCUT2D eigenvalue weighted by Gasteiger charge is -2.54. The Bertz CT molecular complexity index is 291. The van der Waals surface area contributed by atoms with Crippen molar-refractivity contribution in [3.63, 3.8) is 0 Å². The van der Waals surface area contributed by atoms with Crippen LogP contribution in [0.15, 0.2) is 0 Å². The summed E-state index contributed by atoms with van der Waals surface area (Å²) in [5, 5.41) is 9.42. The van der Waals surface area contributed by atoms with Crippen molar-refractivity contribution in [2.45, 2.75) is 64.8 Å². The molecule has 104 valence electrons. The van der Waals surface area contributed by atoms with Gasteiger partial charge in [0.25, 0.3) is 0 Å². The summed E-state index contributed by atoms with van der Waals surface area (Å²) in [5.41, 5.74) is 0.482. The smallest absolute Gasteiger partial charge is 0.308 e. The highest BCUT2D eigenvalue weighted by molar-refractivity contribution is 5.71. The number of hydrogen-bond acceptors (Lipinski definition) is 2. The van der Waals surface area contributed by atoms with Gasteiger partial charge in [0.1, 0.15) is 0 Å². The van der Waals surface area contributed by atoms with Crippen molar-refractivity contribution in [3.8, 4) is 0 Å². The van der Waals surface area contributed by atoms with Gasteiger partial charge in [-0.15, -0.1) is 0 Å². The van der Waals surface area contributed by atoms with E-state index < -0.39 is 5.97 Å². The van der Waals surface area contributed by atoms with Crippen molar-refractivity contribution in [3.05, 3.63) is 0 Å². The largest absolute Gasteiger partial charge is 0.481 e. The Morgan fingerprint density at radius 3 is 2.33 bits per heavy atom. The van der Waals surface area contributed by atoms with Gasteiger partial charge in [-0.1, -0.05) is 33.1 Å². The van der Waals surface area contributed by atoms with E-state index in [0.717, 1.165) is 32.4 Å². The minimum Gasteiger partial charge on any atom is -0.481 e. The number of rotatable bonds is 4. The molecule has 1 saturated heterocycles. The van der Waals surface area contributed by atoms with Gasteiger partial charge in [-0.3, -0.25) is 9.69 Å². The predicted octanol–water partition coefficient (Wildman–Crippen LogP) is 3.14. The molecular formula is C15H27NO2. The van der Waals surface area contributed by atoms with Crippen LogP contribution in [0, 0.1) is 11.3 Å². The molecule has 0 amide bonds. The molecule has 0 radical (unpaired) electrons. The molecule has 2 atom stereocenters. The van der Waals surface area contributed by atoms with Gasteiger partial charge in [0.05, 0.1) is 5.92 Å². The highest BCUT2D eigenvalue weighted by atomic mass is 16.4. The van der Waals surface area contributed by atoms with Crippen LogP contribution in [0.1, 0.15) is 58.8 Å². The first kappa shape index (κ1) is 13.9. The van der Waals surface area contributed by atoms with Gasteiger partial charge >= 0.3 is 5.97 Å². The summed E-state index contributed by atoms with van der Waals surface area (Å²) in [6.07, 6.45) is 7.92. The Morgan fingerprint density at radius 1 is 1.17 bits per heavy atom. The molecule has 1 aliphatic heterocycles. The summed E-state index contributed by atoms with van der Waals surface area (Å²) >= 11 is 0. The zero-order chi connectivity index (χ0) is 13.2. The molecule has 0 aromatic heterocycles. The molecule has 2 rings (SSSR count). The molecule has 2 aliphatic rings. The quantitative estimate of drug-likeness (QED) is 0.782. The normalized spacial score (nSPS) is 32.6. The van der Waals surface area contributed by atoms with Gasteiger partial charge in [0, 0.05) is 19.1 Å². The third kappa shape index (κ3) is 2.56. The second-order valence-corrected chi connectivity index (χ2v) is 6.26. The van der Waals surface area contributed by atoms with E-state index >= 15 is 0 Å². The molecule has 18 heavy (non-hydrogen) atoms. The molecule has 0 aromatic carbocycles. The molecule has 1 heterocycles. The molecule has 1 N–H and O–H groups in total. The average Bonchev–Trinajstić information content (AvgIpc) is 2.55. The second-order valence-electron chi connectivity index (χ2n) is 6.26. The molecule has 2 unspecified atom stereocenters. The SMILES string of the molecule is CCC1(CC)CN(C2CCCCCC2C(=O)O)C1. The first-order valence-electron chi connectivity index (χ1n) is 7.59. The molecule has 0 bridgehead atoms. The van der Waals surface area contributed by atoms with Gasteiger partial charge in [-0.25, -0.2) is 0 Å². The minimum absolute atomic E-state index is 0.126. The third-order valence-corrected chi connectivity index (χ3v) is 5.34. The van der Waals surface area contributed by atoms with Gasteiger partial charge in [-0.05, 0) is 31.1 Å². The summed E-state index contributed by atoms with van der Waals surface area (Å²) < 4.78 is 0. The van der Waals surface area contributed by atoms with Crippen molar-refractivity contribution >= 4 is 5.97 Å². The number of carboxylic acid groups (broad SMARTS) is 1. The van der Waals surface area contributed by atoms with E-state index in [0.29, 0.717) is 11.5 Å². The Balaban J connectivity index is 2.00. The fraction of sp³-hybridized carbons (Fsp3) is 0.933. The maximum atomic E-state index is 11.4. The van der Waals surface area contributed by atoms with Crippen LogP contribution in [0.2, 0.25) is 0 Å². The maximum Gasteiger partial charge on any atom is 0.308 e. The number of hydrogen-bond donors (Lipinski definition) is 1. The summed E-state index contributed by atoms with van der Waals surface area (Å²) in [5.74, 6) is -0.702. The van der Waals surface area contributed by atoms with Crippen molar-refractivity contribution in [1.82, 2.24) is 4.90 Å². The molecule has 1 saturated carbocycles. The lowest BCUT2D eigenvalue weighted by molar-refractivity contribution is -0.148. The van der Waals surface area contributed by atoms with Crippen LogP contribution in [0.5, 0.6) is 0 Å². The van der Waals surface area contributed by atoms with Crippen molar-refractivity contribution in [1.29, 1.82) is 0 Å².